The molecule has 11 heteroatoms. The summed E-state index contributed by atoms with van der Waals surface area (Å²) in [5.41, 5.74) is -0.706. The third kappa shape index (κ3) is 4.27. The van der Waals surface area contributed by atoms with Crippen molar-refractivity contribution in [3.05, 3.63) is 71.6 Å². The van der Waals surface area contributed by atoms with E-state index < -0.39 is 38.7 Å². The predicted molar refractivity (Wildman–Crippen MR) is 118 cm³/mol. The van der Waals surface area contributed by atoms with E-state index >= 15 is 4.39 Å². The number of phenolic OH excluding ortho intramolecular Hbond substituents is 1. The number of H-pyrrole nitrogens is 1. The number of fused-ring (bicyclic) bond motifs is 1. The zero-order valence-electron chi connectivity index (χ0n) is 17.3. The van der Waals surface area contributed by atoms with Crippen LogP contribution in [-0.4, -0.2) is 40.2 Å². The lowest BCUT2D eigenvalue weighted by Gasteiger charge is -2.11. The number of anilines is 1. The number of hydrogen-bond acceptors (Lipinski definition) is 6. The fourth-order valence-corrected chi connectivity index (χ4v) is 4.52. The monoisotopic (exact) mass is 472 g/mol. The zero-order valence-corrected chi connectivity index (χ0v) is 18.1. The number of nitrogens with zero attached hydrogens (tertiary/aromatic N) is 2. The molecule has 33 heavy (non-hydrogen) atoms. The lowest BCUT2D eigenvalue weighted by Crippen LogP contribution is -2.18. The normalized spacial score (nSPS) is 11.6. The summed E-state index contributed by atoms with van der Waals surface area (Å²) in [6.45, 7) is 1.63. The molecule has 2 heterocycles. The molecule has 0 saturated heterocycles. The number of carbonyl (C=O) groups excluding carboxylic acids is 1. The lowest BCUT2D eigenvalue weighted by atomic mass is 10.0. The van der Waals surface area contributed by atoms with Crippen LogP contribution in [0.5, 0.6) is 5.75 Å². The minimum atomic E-state index is -3.87. The highest BCUT2D eigenvalue weighted by Crippen LogP contribution is 2.32. The van der Waals surface area contributed by atoms with Crippen LogP contribution in [0, 0.1) is 11.6 Å². The Morgan fingerprint density at radius 1 is 1.18 bits per heavy atom. The smallest absolute Gasteiger partial charge is 0.232 e. The first-order valence-electron chi connectivity index (χ1n) is 9.87. The van der Waals surface area contributed by atoms with Gasteiger partial charge < -0.3 is 5.11 Å². The highest BCUT2D eigenvalue weighted by molar-refractivity contribution is 7.92. The number of phenols is 1. The van der Waals surface area contributed by atoms with E-state index in [4.69, 9.17) is 0 Å². The van der Waals surface area contributed by atoms with Crippen LogP contribution < -0.4 is 4.72 Å². The van der Waals surface area contributed by atoms with Crippen molar-refractivity contribution in [1.82, 2.24) is 15.2 Å². The Bertz CT molecular complexity index is 1490. The lowest BCUT2D eigenvalue weighted by molar-refractivity contribution is 0.102. The van der Waals surface area contributed by atoms with Gasteiger partial charge >= 0.3 is 0 Å². The summed E-state index contributed by atoms with van der Waals surface area (Å²) in [4.78, 5) is 17.3. The van der Waals surface area contributed by atoms with Crippen LogP contribution in [0.3, 0.4) is 0 Å². The Balaban J connectivity index is 1.80. The molecule has 0 atom stereocenters. The largest absolute Gasteiger partial charge is 0.507 e. The molecule has 0 aliphatic rings. The number of aromatic nitrogens is 3. The maximum absolute atomic E-state index is 15.1. The van der Waals surface area contributed by atoms with E-state index in [-0.39, 0.29) is 34.7 Å². The summed E-state index contributed by atoms with van der Waals surface area (Å²) in [6, 6.07) is 9.71. The van der Waals surface area contributed by atoms with E-state index in [1.165, 1.54) is 18.3 Å². The first-order chi connectivity index (χ1) is 15.7. The fraction of sp³-hybridized carbons (Fsp3) is 0.136. The summed E-state index contributed by atoms with van der Waals surface area (Å²) >= 11 is 0. The molecule has 8 nitrogen and oxygen atoms in total. The molecular weight excluding hydrogens is 454 g/mol. The van der Waals surface area contributed by atoms with Gasteiger partial charge in [-0.15, -0.1) is 0 Å². The molecule has 0 spiro atoms. The van der Waals surface area contributed by atoms with Crippen molar-refractivity contribution in [2.45, 2.75) is 13.3 Å². The van der Waals surface area contributed by atoms with Crippen molar-refractivity contribution >= 4 is 32.5 Å². The van der Waals surface area contributed by atoms with Crippen molar-refractivity contribution in [3.63, 3.8) is 0 Å². The maximum atomic E-state index is 15.1. The fourth-order valence-electron chi connectivity index (χ4n) is 3.39. The highest BCUT2D eigenvalue weighted by atomic mass is 32.2. The second-order valence-corrected chi connectivity index (χ2v) is 9.09. The van der Waals surface area contributed by atoms with Gasteiger partial charge in [-0.2, -0.15) is 5.10 Å². The number of ketones is 1. The first kappa shape index (κ1) is 22.3. The first-order valence-corrected chi connectivity index (χ1v) is 11.5. The number of halogens is 2. The second kappa shape index (κ2) is 8.58. The molecule has 0 fully saturated rings. The molecule has 0 amide bonds. The molecule has 0 saturated carbocycles. The second-order valence-electron chi connectivity index (χ2n) is 7.24. The summed E-state index contributed by atoms with van der Waals surface area (Å²) in [6.07, 6.45) is 1.74. The van der Waals surface area contributed by atoms with Gasteiger partial charge in [-0.1, -0.05) is 25.1 Å². The van der Waals surface area contributed by atoms with Gasteiger partial charge in [0.2, 0.25) is 15.8 Å². The Labute approximate surface area is 187 Å². The van der Waals surface area contributed by atoms with Crippen LogP contribution in [0.1, 0.15) is 29.4 Å². The number of carbonyl (C=O) groups is 1. The van der Waals surface area contributed by atoms with Crippen LogP contribution in [-0.2, 0) is 10.0 Å². The average Bonchev–Trinajstić information content (AvgIpc) is 3.19. The number of pyridine rings is 1. The Kier molecular flexibility index (Phi) is 5.81. The van der Waals surface area contributed by atoms with Crippen LogP contribution in [0.15, 0.2) is 48.7 Å². The summed E-state index contributed by atoms with van der Waals surface area (Å²) in [5, 5.41) is 16.7. The Hall–Kier alpha value is -3.86. The van der Waals surface area contributed by atoms with Gasteiger partial charge in [0.05, 0.1) is 22.4 Å². The molecule has 0 radical (unpaired) electrons. The number of hydrogen-bond donors (Lipinski definition) is 3. The van der Waals surface area contributed by atoms with Crippen molar-refractivity contribution in [2.75, 3.05) is 10.5 Å². The van der Waals surface area contributed by atoms with Gasteiger partial charge in [-0.25, -0.2) is 22.2 Å². The van der Waals surface area contributed by atoms with Crippen molar-refractivity contribution in [3.8, 4) is 16.9 Å². The van der Waals surface area contributed by atoms with Crippen molar-refractivity contribution in [1.29, 1.82) is 0 Å². The number of benzene rings is 2. The van der Waals surface area contributed by atoms with Crippen LogP contribution >= 0.6 is 0 Å². The van der Waals surface area contributed by atoms with Crippen molar-refractivity contribution in [2.24, 2.45) is 0 Å². The molecule has 4 rings (SSSR count). The van der Waals surface area contributed by atoms with E-state index in [0.29, 0.717) is 11.1 Å². The minimum Gasteiger partial charge on any atom is -0.507 e. The minimum absolute atomic E-state index is 0.0147. The SMILES string of the molecule is CCCS(=O)(=O)Nc1ccc(F)c(C(=O)c2n[nH]c3ncc(-c4ccccc4O)cc23)c1F. The number of rotatable bonds is 7. The molecule has 4 aromatic rings. The number of nitrogens with one attached hydrogen (secondary N) is 2. The van der Waals surface area contributed by atoms with Gasteiger partial charge in [0.15, 0.2) is 11.5 Å². The number of para-hydroxylation sites is 1. The summed E-state index contributed by atoms with van der Waals surface area (Å²) in [7, 11) is -3.87. The van der Waals surface area contributed by atoms with Gasteiger partial charge in [0.1, 0.15) is 17.3 Å². The van der Waals surface area contributed by atoms with E-state index in [9.17, 15) is 22.7 Å². The van der Waals surface area contributed by atoms with E-state index in [1.54, 1.807) is 25.1 Å². The maximum Gasteiger partial charge on any atom is 0.232 e. The molecule has 0 bridgehead atoms. The van der Waals surface area contributed by atoms with E-state index in [0.717, 1.165) is 12.1 Å². The van der Waals surface area contributed by atoms with Crippen molar-refractivity contribution < 1.29 is 27.1 Å². The van der Waals surface area contributed by atoms with Crippen LogP contribution in [0.25, 0.3) is 22.2 Å². The third-order valence-corrected chi connectivity index (χ3v) is 6.38. The van der Waals surface area contributed by atoms with Crippen LogP contribution in [0.2, 0.25) is 0 Å². The van der Waals surface area contributed by atoms with Gasteiger partial charge in [0, 0.05) is 17.3 Å². The molecule has 0 aliphatic heterocycles. The molecule has 0 unspecified atom stereocenters. The van der Waals surface area contributed by atoms with E-state index in [1.807, 2.05) is 4.72 Å². The number of aromatic hydroxyl groups is 1. The molecular formula is C22H18F2N4O4S. The molecule has 0 aliphatic carbocycles. The molecule has 170 valence electrons. The predicted octanol–water partition coefficient (Wildman–Crippen LogP) is 3.99. The average molecular weight is 472 g/mol. The summed E-state index contributed by atoms with van der Waals surface area (Å²) < 4.78 is 55.7. The topological polar surface area (TPSA) is 125 Å². The molecule has 2 aromatic heterocycles. The Morgan fingerprint density at radius 2 is 1.94 bits per heavy atom. The Morgan fingerprint density at radius 3 is 2.67 bits per heavy atom. The quantitative estimate of drug-likeness (QED) is 0.349. The van der Waals surface area contributed by atoms with Crippen LogP contribution in [0.4, 0.5) is 14.5 Å². The highest BCUT2D eigenvalue weighted by Gasteiger charge is 2.27. The molecule has 3 N–H and O–H groups in total. The summed E-state index contributed by atoms with van der Waals surface area (Å²) in [5.74, 6) is -3.89. The van der Waals surface area contributed by atoms with Gasteiger partial charge in [-0.3, -0.25) is 14.6 Å². The standard InChI is InChI=1S/C22H18F2N4O4S/c1-2-9-33(31,32)28-16-8-7-15(23)18(19(16)24)21(30)20-14-10-12(11-25-22(14)27-26-20)13-5-3-4-6-17(13)29/h3-8,10-11,28-29H,2,9H2,1H3,(H,25,26,27). The number of aromatic amines is 1. The molecule has 2 aromatic carbocycles. The van der Waals surface area contributed by atoms with E-state index in [2.05, 4.69) is 15.2 Å². The number of sulfonamides is 1. The van der Waals surface area contributed by atoms with Gasteiger partial charge in [-0.05, 0) is 30.7 Å². The zero-order chi connectivity index (χ0) is 23.8. The third-order valence-electron chi connectivity index (χ3n) is 4.90. The van der Waals surface area contributed by atoms with Gasteiger partial charge in [0.25, 0.3) is 0 Å².